The molecule has 0 fully saturated rings. The number of nitrogens with one attached hydrogen (secondary N) is 1. The van der Waals surface area contributed by atoms with Crippen LogP contribution >= 0.6 is 15.9 Å². The van der Waals surface area contributed by atoms with Crippen LogP contribution in [0.3, 0.4) is 0 Å². The molecule has 5 heteroatoms. The highest BCUT2D eigenvalue weighted by molar-refractivity contribution is 9.11. The molecule has 0 aliphatic rings. The summed E-state index contributed by atoms with van der Waals surface area (Å²) in [4.78, 5) is 0. The molecule has 1 N–H and O–H groups in total. The molecule has 0 aliphatic heterocycles. The molecule has 0 amide bonds. The van der Waals surface area contributed by atoms with Crippen molar-refractivity contribution < 1.29 is 13.2 Å². The van der Waals surface area contributed by atoms with E-state index in [0.29, 0.717) is 4.48 Å². The summed E-state index contributed by atoms with van der Waals surface area (Å²) in [5.41, 5.74) is 0. The van der Waals surface area contributed by atoms with Crippen LogP contribution in [0.15, 0.2) is 11.1 Å². The molecule has 0 aromatic rings. The molecule has 0 aromatic heterocycles. The first-order valence-corrected chi connectivity index (χ1v) is 3.76. The first kappa shape index (κ1) is 11.0. The van der Waals surface area contributed by atoms with Crippen molar-refractivity contribution in [2.75, 3.05) is 6.54 Å². The molecule has 0 aromatic carbocycles. The van der Waals surface area contributed by atoms with Crippen molar-refractivity contribution in [2.24, 2.45) is 0 Å². The molecular weight excluding hydrogens is 223 g/mol. The maximum Gasteiger partial charge on any atom is 0.403 e. The largest absolute Gasteiger partial charge is 0.403 e. The van der Waals surface area contributed by atoms with E-state index in [0.717, 1.165) is 6.92 Å². The van der Waals surface area contributed by atoms with Gasteiger partial charge in [0.05, 0.1) is 0 Å². The summed E-state index contributed by atoms with van der Waals surface area (Å²) in [5.74, 6) is 0. The summed E-state index contributed by atoms with van der Waals surface area (Å²) in [5, 5.41) is 2.25. The Balaban J connectivity index is 3.70. The molecule has 0 heterocycles. The average Bonchev–Trinajstić information content (AvgIpc) is 1.80. The molecule has 0 saturated carbocycles. The minimum atomic E-state index is -4.18. The van der Waals surface area contributed by atoms with Gasteiger partial charge in [0.2, 0.25) is 0 Å². The summed E-state index contributed by atoms with van der Waals surface area (Å²) >= 11 is 2.95. The van der Waals surface area contributed by atoms with Gasteiger partial charge in [-0.25, -0.2) is 0 Å². The summed E-state index contributed by atoms with van der Waals surface area (Å²) < 4.78 is 35.9. The Morgan fingerprint density at radius 3 is 2.36 bits per heavy atom. The first-order valence-electron chi connectivity index (χ1n) is 2.97. The minimum absolute atomic E-state index is 0.126. The second kappa shape index (κ2) is 4.11. The lowest BCUT2D eigenvalue weighted by molar-refractivity contribution is -0.150. The van der Waals surface area contributed by atoms with Gasteiger partial charge in [0.1, 0.15) is 6.04 Å². The highest BCUT2D eigenvalue weighted by Crippen LogP contribution is 2.19. The summed E-state index contributed by atoms with van der Waals surface area (Å²) in [6, 6.07) is -1.49. The zero-order valence-electron chi connectivity index (χ0n) is 6.00. The normalized spacial score (nSPS) is 14.6. The van der Waals surface area contributed by atoms with Crippen LogP contribution in [-0.2, 0) is 0 Å². The Bertz CT molecular complexity index is 143. The van der Waals surface area contributed by atoms with E-state index in [1.807, 2.05) is 0 Å². The van der Waals surface area contributed by atoms with Crippen LogP contribution in [-0.4, -0.2) is 18.8 Å². The zero-order chi connectivity index (χ0) is 9.07. The fourth-order valence-corrected chi connectivity index (χ4v) is 0.541. The molecule has 0 spiro atoms. The Hall–Kier alpha value is -0.0300. The SMILES string of the molecule is C=C(Br)CNC(C)C(F)(F)F. The van der Waals surface area contributed by atoms with Crippen LogP contribution in [0, 0.1) is 0 Å². The standard InChI is InChI=1S/C6H9BrF3N/c1-4(7)3-11-5(2)6(8,9)10/h5,11H,1,3H2,2H3. The Labute approximate surface area is 71.8 Å². The molecule has 0 radical (unpaired) electrons. The first-order chi connectivity index (χ1) is 4.84. The predicted molar refractivity (Wildman–Crippen MR) is 41.6 cm³/mol. The number of halogens is 4. The van der Waals surface area contributed by atoms with Crippen LogP contribution in [0.1, 0.15) is 6.92 Å². The monoisotopic (exact) mass is 231 g/mol. The molecule has 66 valence electrons. The van der Waals surface area contributed by atoms with E-state index in [-0.39, 0.29) is 6.54 Å². The van der Waals surface area contributed by atoms with Crippen LogP contribution in [0.4, 0.5) is 13.2 Å². The fourth-order valence-electron chi connectivity index (χ4n) is 0.380. The quantitative estimate of drug-likeness (QED) is 0.787. The average molecular weight is 232 g/mol. The second-order valence-corrected chi connectivity index (χ2v) is 3.28. The van der Waals surface area contributed by atoms with Gasteiger partial charge in [0.25, 0.3) is 0 Å². The van der Waals surface area contributed by atoms with Gasteiger partial charge in [-0.3, -0.25) is 0 Å². The van der Waals surface area contributed by atoms with E-state index in [1.54, 1.807) is 0 Å². The summed E-state index contributed by atoms with van der Waals surface area (Å²) in [6.07, 6.45) is -4.18. The number of rotatable bonds is 3. The zero-order valence-corrected chi connectivity index (χ0v) is 7.59. The number of hydrogen-bond donors (Lipinski definition) is 1. The number of alkyl halides is 3. The molecule has 11 heavy (non-hydrogen) atoms. The van der Waals surface area contributed by atoms with Gasteiger partial charge in [0.15, 0.2) is 0 Å². The van der Waals surface area contributed by atoms with Gasteiger partial charge in [0, 0.05) is 11.0 Å². The third-order valence-corrected chi connectivity index (χ3v) is 1.37. The van der Waals surface area contributed by atoms with Crippen LogP contribution in [0.2, 0.25) is 0 Å². The van der Waals surface area contributed by atoms with Crippen molar-refractivity contribution in [3.63, 3.8) is 0 Å². The molecule has 1 nitrogen and oxygen atoms in total. The van der Waals surface area contributed by atoms with Gasteiger partial charge in [-0.05, 0) is 6.92 Å². The molecule has 0 rings (SSSR count). The van der Waals surface area contributed by atoms with Gasteiger partial charge in [-0.2, -0.15) is 13.2 Å². The second-order valence-electron chi connectivity index (χ2n) is 2.16. The highest BCUT2D eigenvalue weighted by Gasteiger charge is 2.35. The van der Waals surface area contributed by atoms with Crippen LogP contribution in [0.25, 0.3) is 0 Å². The van der Waals surface area contributed by atoms with Crippen molar-refractivity contribution in [3.05, 3.63) is 11.1 Å². The summed E-state index contributed by atoms with van der Waals surface area (Å²) in [6.45, 7) is 4.59. The maximum absolute atomic E-state index is 11.8. The van der Waals surface area contributed by atoms with Gasteiger partial charge >= 0.3 is 6.18 Å². The van der Waals surface area contributed by atoms with E-state index in [9.17, 15) is 13.2 Å². The Morgan fingerprint density at radius 2 is 2.09 bits per heavy atom. The van der Waals surface area contributed by atoms with Crippen LogP contribution in [0.5, 0.6) is 0 Å². The fraction of sp³-hybridized carbons (Fsp3) is 0.667. The minimum Gasteiger partial charge on any atom is -0.302 e. The van der Waals surface area contributed by atoms with Gasteiger partial charge < -0.3 is 5.32 Å². The van der Waals surface area contributed by atoms with E-state index in [1.165, 1.54) is 0 Å². The van der Waals surface area contributed by atoms with E-state index in [2.05, 4.69) is 27.8 Å². The smallest absolute Gasteiger partial charge is 0.302 e. The van der Waals surface area contributed by atoms with Gasteiger partial charge in [-0.15, -0.1) is 0 Å². The maximum atomic E-state index is 11.8. The molecule has 0 saturated heterocycles. The van der Waals surface area contributed by atoms with Crippen molar-refractivity contribution in [2.45, 2.75) is 19.1 Å². The van der Waals surface area contributed by atoms with E-state index >= 15 is 0 Å². The van der Waals surface area contributed by atoms with Crippen molar-refractivity contribution >= 4 is 15.9 Å². The van der Waals surface area contributed by atoms with Crippen LogP contribution < -0.4 is 5.32 Å². The Kier molecular flexibility index (Phi) is 4.10. The van der Waals surface area contributed by atoms with Crippen molar-refractivity contribution in [3.8, 4) is 0 Å². The highest BCUT2D eigenvalue weighted by atomic mass is 79.9. The molecule has 0 aliphatic carbocycles. The predicted octanol–water partition coefficient (Wildman–Crippen LogP) is 2.44. The number of hydrogen-bond acceptors (Lipinski definition) is 1. The van der Waals surface area contributed by atoms with Crippen molar-refractivity contribution in [1.82, 2.24) is 5.32 Å². The van der Waals surface area contributed by atoms with Gasteiger partial charge in [-0.1, -0.05) is 22.5 Å². The Morgan fingerprint density at radius 1 is 1.64 bits per heavy atom. The molecular formula is C6H9BrF3N. The lowest BCUT2D eigenvalue weighted by Crippen LogP contribution is -2.40. The van der Waals surface area contributed by atoms with E-state index < -0.39 is 12.2 Å². The lowest BCUT2D eigenvalue weighted by Gasteiger charge is -2.16. The van der Waals surface area contributed by atoms with E-state index in [4.69, 9.17) is 0 Å². The third kappa shape index (κ3) is 5.26. The van der Waals surface area contributed by atoms with Crippen molar-refractivity contribution in [1.29, 1.82) is 0 Å². The topological polar surface area (TPSA) is 12.0 Å². The molecule has 1 unspecified atom stereocenters. The summed E-state index contributed by atoms with van der Waals surface area (Å²) in [7, 11) is 0. The third-order valence-electron chi connectivity index (χ3n) is 1.09. The molecule has 1 atom stereocenters. The molecule has 0 bridgehead atoms. The lowest BCUT2D eigenvalue weighted by atomic mass is 10.3.